The third-order valence-corrected chi connectivity index (χ3v) is 2.63. The lowest BCUT2D eigenvalue weighted by Gasteiger charge is -2.07. The number of rotatable bonds is 4. The predicted octanol–water partition coefficient (Wildman–Crippen LogP) is 1.98. The quantitative estimate of drug-likeness (QED) is 0.658. The summed E-state index contributed by atoms with van der Waals surface area (Å²) in [6.07, 6.45) is 0.889. The first-order valence-corrected chi connectivity index (χ1v) is 5.26. The summed E-state index contributed by atoms with van der Waals surface area (Å²) in [5, 5.41) is 2.56. The molecule has 0 aromatic rings. The van der Waals surface area contributed by atoms with Crippen LogP contribution in [-0.2, 0) is 9.09 Å². The molecule has 0 aromatic carbocycles. The molecule has 0 rings (SSSR count). The van der Waals surface area contributed by atoms with Gasteiger partial charge in [0.1, 0.15) is 0 Å². The third-order valence-electron chi connectivity index (χ3n) is 0.785. The lowest BCUT2D eigenvalue weighted by molar-refractivity contribution is 0.397. The molecule has 0 aliphatic carbocycles. The lowest BCUT2D eigenvalue weighted by atomic mass is 10.5. The summed E-state index contributed by atoms with van der Waals surface area (Å²) in [7, 11) is 1.32. The fourth-order valence-electron chi connectivity index (χ4n) is 0.310. The standard InChI is InChI=1S/C4H11ClNO2P/c1-3-4-6-9(5,7)8-2/h3-4H2,1-2H3,(H,6,7). The maximum Gasteiger partial charge on any atom is 0.360 e. The van der Waals surface area contributed by atoms with Gasteiger partial charge in [-0.1, -0.05) is 6.92 Å². The molecule has 0 aliphatic heterocycles. The fourth-order valence-corrected chi connectivity index (χ4v) is 1.18. The Morgan fingerprint density at radius 2 is 2.33 bits per heavy atom. The molecule has 3 nitrogen and oxygen atoms in total. The van der Waals surface area contributed by atoms with E-state index in [4.69, 9.17) is 11.2 Å². The van der Waals surface area contributed by atoms with Gasteiger partial charge in [-0.3, -0.25) is 4.57 Å². The molecule has 0 fully saturated rings. The van der Waals surface area contributed by atoms with E-state index >= 15 is 0 Å². The topological polar surface area (TPSA) is 38.3 Å². The molecule has 0 spiro atoms. The van der Waals surface area contributed by atoms with E-state index in [2.05, 4.69) is 9.61 Å². The third kappa shape index (κ3) is 4.91. The van der Waals surface area contributed by atoms with Crippen LogP contribution in [0, 0.1) is 0 Å². The minimum atomic E-state index is -2.97. The van der Waals surface area contributed by atoms with Crippen LogP contribution in [0.4, 0.5) is 0 Å². The van der Waals surface area contributed by atoms with Gasteiger partial charge in [0.05, 0.1) is 0 Å². The second-order valence-corrected chi connectivity index (χ2v) is 4.55. The molecule has 5 heteroatoms. The summed E-state index contributed by atoms with van der Waals surface area (Å²) < 4.78 is 15.2. The summed E-state index contributed by atoms with van der Waals surface area (Å²) in [6.45, 7) is -0.390. The molecule has 9 heavy (non-hydrogen) atoms. The molecule has 0 bridgehead atoms. The van der Waals surface area contributed by atoms with Crippen molar-refractivity contribution in [1.29, 1.82) is 0 Å². The number of nitrogens with one attached hydrogen (secondary N) is 1. The molecule has 1 unspecified atom stereocenters. The van der Waals surface area contributed by atoms with Gasteiger partial charge in [-0.25, -0.2) is 5.09 Å². The molecule has 56 valence electrons. The summed E-state index contributed by atoms with van der Waals surface area (Å²) in [5.41, 5.74) is 0. The molecular weight excluding hydrogens is 160 g/mol. The first kappa shape index (κ1) is 9.44. The summed E-state index contributed by atoms with van der Waals surface area (Å²) in [6, 6.07) is 0. The van der Waals surface area contributed by atoms with Gasteiger partial charge in [0.15, 0.2) is 0 Å². The van der Waals surface area contributed by atoms with Gasteiger partial charge in [-0.05, 0) is 17.7 Å². The van der Waals surface area contributed by atoms with E-state index < -0.39 is 6.87 Å². The maximum absolute atomic E-state index is 10.8. The van der Waals surface area contributed by atoms with E-state index in [-0.39, 0.29) is 0 Å². The number of hydrogen-bond acceptors (Lipinski definition) is 2. The SMILES string of the molecule is CCCNP(=O)(Cl)OC. The Morgan fingerprint density at radius 3 is 2.67 bits per heavy atom. The highest BCUT2D eigenvalue weighted by Crippen LogP contribution is 2.46. The van der Waals surface area contributed by atoms with Crippen LogP contribution < -0.4 is 5.09 Å². The highest BCUT2D eigenvalue weighted by Gasteiger charge is 2.13. The van der Waals surface area contributed by atoms with Crippen molar-refractivity contribution in [1.82, 2.24) is 5.09 Å². The first-order valence-electron chi connectivity index (χ1n) is 2.73. The monoisotopic (exact) mass is 171 g/mol. The zero-order valence-electron chi connectivity index (χ0n) is 5.56. The average Bonchev–Trinajstić information content (AvgIpc) is 1.84. The van der Waals surface area contributed by atoms with Crippen LogP contribution in [0.1, 0.15) is 13.3 Å². The zero-order chi connectivity index (χ0) is 7.33. The van der Waals surface area contributed by atoms with Crippen LogP contribution >= 0.6 is 18.1 Å². The Morgan fingerprint density at radius 1 is 1.78 bits per heavy atom. The van der Waals surface area contributed by atoms with Crippen molar-refractivity contribution in [2.24, 2.45) is 0 Å². The van der Waals surface area contributed by atoms with Crippen LogP contribution in [-0.4, -0.2) is 13.7 Å². The fraction of sp³-hybridized carbons (Fsp3) is 1.00. The van der Waals surface area contributed by atoms with E-state index in [9.17, 15) is 4.57 Å². The molecule has 0 aliphatic rings. The van der Waals surface area contributed by atoms with Crippen molar-refractivity contribution >= 4 is 18.1 Å². The molecule has 0 amide bonds. The Hall–Kier alpha value is 0.440. The summed E-state index contributed by atoms with van der Waals surface area (Å²) in [5.74, 6) is 0. The molecule has 0 saturated heterocycles. The molecule has 0 aromatic heterocycles. The number of hydrogen-bond donors (Lipinski definition) is 1. The van der Waals surface area contributed by atoms with Gasteiger partial charge in [-0.2, -0.15) is 0 Å². The second kappa shape index (κ2) is 4.29. The van der Waals surface area contributed by atoms with Gasteiger partial charge >= 0.3 is 6.87 Å². The van der Waals surface area contributed by atoms with Crippen molar-refractivity contribution in [2.75, 3.05) is 13.7 Å². The normalized spacial score (nSPS) is 17.2. The largest absolute Gasteiger partial charge is 0.360 e. The lowest BCUT2D eigenvalue weighted by Crippen LogP contribution is -2.08. The Bertz CT molecular complexity index is 119. The molecule has 0 radical (unpaired) electrons. The van der Waals surface area contributed by atoms with Crippen LogP contribution in [0.25, 0.3) is 0 Å². The van der Waals surface area contributed by atoms with Gasteiger partial charge < -0.3 is 4.52 Å². The van der Waals surface area contributed by atoms with Gasteiger partial charge in [0.25, 0.3) is 0 Å². The number of halogens is 1. The Kier molecular flexibility index (Phi) is 4.50. The minimum Gasteiger partial charge on any atom is -0.310 e. The summed E-state index contributed by atoms with van der Waals surface area (Å²) >= 11 is 5.32. The predicted molar refractivity (Wildman–Crippen MR) is 38.8 cm³/mol. The van der Waals surface area contributed by atoms with Crippen LogP contribution in [0.3, 0.4) is 0 Å². The molecule has 1 N–H and O–H groups in total. The van der Waals surface area contributed by atoms with E-state index in [0.717, 1.165) is 6.42 Å². The average molecular weight is 172 g/mol. The molecule has 0 saturated carbocycles. The smallest absolute Gasteiger partial charge is 0.310 e. The van der Waals surface area contributed by atoms with Crippen molar-refractivity contribution < 1.29 is 9.09 Å². The van der Waals surface area contributed by atoms with Gasteiger partial charge in [-0.15, -0.1) is 0 Å². The van der Waals surface area contributed by atoms with Crippen LogP contribution in [0.2, 0.25) is 0 Å². The molecular formula is C4H11ClNO2P. The van der Waals surface area contributed by atoms with E-state index in [1.807, 2.05) is 6.92 Å². The highest BCUT2D eigenvalue weighted by atomic mass is 35.7. The van der Waals surface area contributed by atoms with E-state index in [0.29, 0.717) is 6.54 Å². The van der Waals surface area contributed by atoms with E-state index in [1.54, 1.807) is 0 Å². The Balaban J connectivity index is 3.46. The zero-order valence-corrected chi connectivity index (χ0v) is 7.21. The van der Waals surface area contributed by atoms with Crippen molar-refractivity contribution in [3.05, 3.63) is 0 Å². The second-order valence-electron chi connectivity index (χ2n) is 1.57. The highest BCUT2D eigenvalue weighted by molar-refractivity contribution is 7.83. The summed E-state index contributed by atoms with van der Waals surface area (Å²) in [4.78, 5) is 0. The molecule has 1 atom stereocenters. The van der Waals surface area contributed by atoms with Crippen LogP contribution in [0.5, 0.6) is 0 Å². The maximum atomic E-state index is 10.8. The van der Waals surface area contributed by atoms with Crippen LogP contribution in [0.15, 0.2) is 0 Å². The minimum absolute atomic E-state index is 0.620. The van der Waals surface area contributed by atoms with Crippen molar-refractivity contribution in [3.63, 3.8) is 0 Å². The van der Waals surface area contributed by atoms with Gasteiger partial charge in [0, 0.05) is 13.7 Å². The Labute approximate surface area is 60.0 Å². The van der Waals surface area contributed by atoms with Crippen molar-refractivity contribution in [3.8, 4) is 0 Å². The van der Waals surface area contributed by atoms with Crippen molar-refractivity contribution in [2.45, 2.75) is 13.3 Å². The molecule has 0 heterocycles. The van der Waals surface area contributed by atoms with Gasteiger partial charge in [0.2, 0.25) is 0 Å². The van der Waals surface area contributed by atoms with E-state index in [1.165, 1.54) is 7.11 Å². The first-order chi connectivity index (χ1) is 4.12.